The topological polar surface area (TPSA) is 62.9 Å². The zero-order valence-electron chi connectivity index (χ0n) is 16.6. The smallest absolute Gasteiger partial charge is 0.226 e. The number of carbonyl (C=O) groups excluding carboxylic acids is 1. The number of rotatable bonds is 7. The van der Waals surface area contributed by atoms with Gasteiger partial charge in [0.1, 0.15) is 17.1 Å². The molecule has 28 heavy (non-hydrogen) atoms. The first kappa shape index (κ1) is 20.1. The number of ether oxygens (including phenoxy) is 1. The van der Waals surface area contributed by atoms with Gasteiger partial charge in [-0.2, -0.15) is 0 Å². The van der Waals surface area contributed by atoms with E-state index in [0.717, 1.165) is 21.4 Å². The number of nitrogens with zero attached hydrogens (tertiary/aromatic N) is 1. The van der Waals surface area contributed by atoms with E-state index in [1.165, 1.54) is 0 Å². The molecule has 0 atom stereocenters. The zero-order valence-corrected chi connectivity index (χ0v) is 17.4. The second-order valence-corrected chi connectivity index (χ2v) is 7.24. The molecule has 0 radical (unpaired) electrons. The Morgan fingerprint density at radius 2 is 1.93 bits per heavy atom. The first-order valence-corrected chi connectivity index (χ1v) is 10.5. The molecular weight excluding hydrogens is 374 g/mol. The molecule has 1 aromatic heterocycles. The third kappa shape index (κ3) is 3.83. The normalized spacial score (nSPS) is 11.0. The monoisotopic (exact) mass is 399 g/mol. The lowest BCUT2D eigenvalue weighted by atomic mass is 10.1. The highest BCUT2D eigenvalue weighted by atomic mass is 32.2. The molecule has 0 unspecified atom stereocenters. The third-order valence-corrected chi connectivity index (χ3v) is 5.65. The fourth-order valence-electron chi connectivity index (χ4n) is 3.31. The third-order valence-electron chi connectivity index (χ3n) is 4.83. The van der Waals surface area contributed by atoms with Crippen LogP contribution in [-0.4, -0.2) is 42.4 Å². The Labute approximate surface area is 169 Å². The second kappa shape index (κ2) is 8.61. The number of benzene rings is 2. The number of fused-ring (bicyclic) bond motifs is 1. The minimum absolute atomic E-state index is 0.102. The molecule has 0 spiro atoms. The lowest BCUT2D eigenvalue weighted by Crippen LogP contribution is -2.31. The minimum Gasteiger partial charge on any atom is -0.507 e. The molecule has 0 aliphatic carbocycles. The molecule has 3 rings (SSSR count). The van der Waals surface area contributed by atoms with E-state index in [4.69, 9.17) is 9.15 Å². The highest BCUT2D eigenvalue weighted by Gasteiger charge is 2.19. The van der Waals surface area contributed by atoms with Crippen LogP contribution in [0.15, 0.2) is 45.7 Å². The summed E-state index contributed by atoms with van der Waals surface area (Å²) in [5, 5.41) is 11.4. The molecule has 1 amide bonds. The molecule has 0 saturated carbocycles. The van der Waals surface area contributed by atoms with Gasteiger partial charge in [-0.05, 0) is 49.9 Å². The number of hydrogen-bond donors (Lipinski definition) is 1. The van der Waals surface area contributed by atoms with Gasteiger partial charge in [-0.25, -0.2) is 0 Å². The average molecular weight is 400 g/mol. The van der Waals surface area contributed by atoms with Crippen LogP contribution in [0.3, 0.4) is 0 Å². The van der Waals surface area contributed by atoms with Gasteiger partial charge in [-0.1, -0.05) is 6.07 Å². The van der Waals surface area contributed by atoms with Crippen LogP contribution in [0, 0.1) is 0 Å². The standard InChI is InChI=1S/C22H25NO4S/c1-5-23(6-2)20(25)12-14-7-10-19-17(11-14)22(28-4)21(27-19)16-9-8-15(26-3)13-18(16)24/h7-11,13,24H,5-6,12H2,1-4H3. The molecule has 2 aromatic carbocycles. The highest BCUT2D eigenvalue weighted by Crippen LogP contribution is 2.43. The van der Waals surface area contributed by atoms with Gasteiger partial charge in [0.2, 0.25) is 5.91 Å². The van der Waals surface area contributed by atoms with Gasteiger partial charge in [-0.15, -0.1) is 11.8 Å². The molecule has 1 heterocycles. The molecule has 148 valence electrons. The van der Waals surface area contributed by atoms with Gasteiger partial charge in [0.05, 0.1) is 24.0 Å². The number of likely N-dealkylation sites (N-methyl/N-ethyl adjacent to an activating group) is 1. The summed E-state index contributed by atoms with van der Waals surface area (Å²) in [4.78, 5) is 15.2. The zero-order chi connectivity index (χ0) is 20.3. The molecule has 5 nitrogen and oxygen atoms in total. The van der Waals surface area contributed by atoms with Crippen LogP contribution in [-0.2, 0) is 11.2 Å². The number of phenols is 1. The van der Waals surface area contributed by atoms with Gasteiger partial charge >= 0.3 is 0 Å². The van der Waals surface area contributed by atoms with Gasteiger partial charge < -0.3 is 19.2 Å². The summed E-state index contributed by atoms with van der Waals surface area (Å²) in [6.45, 7) is 5.39. The van der Waals surface area contributed by atoms with Gasteiger partial charge in [-0.3, -0.25) is 4.79 Å². The van der Waals surface area contributed by atoms with Crippen LogP contribution in [0.25, 0.3) is 22.3 Å². The van der Waals surface area contributed by atoms with Crippen LogP contribution in [0.4, 0.5) is 0 Å². The van der Waals surface area contributed by atoms with Crippen LogP contribution in [0.2, 0.25) is 0 Å². The number of phenolic OH excluding ortho intramolecular Hbond substituents is 1. The van der Waals surface area contributed by atoms with Crippen molar-refractivity contribution in [3.63, 3.8) is 0 Å². The van der Waals surface area contributed by atoms with Gasteiger partial charge in [0, 0.05) is 24.5 Å². The Balaban J connectivity index is 2.02. The summed E-state index contributed by atoms with van der Waals surface area (Å²) in [5.74, 6) is 1.42. The van der Waals surface area contributed by atoms with E-state index in [-0.39, 0.29) is 11.7 Å². The minimum atomic E-state index is 0.102. The predicted octanol–water partition coefficient (Wildman–Crippen LogP) is 4.95. The van der Waals surface area contributed by atoms with Crippen molar-refractivity contribution < 1.29 is 19.1 Å². The van der Waals surface area contributed by atoms with Crippen molar-refractivity contribution in [3.05, 3.63) is 42.0 Å². The highest BCUT2D eigenvalue weighted by molar-refractivity contribution is 7.99. The number of thioether (sulfide) groups is 1. The summed E-state index contributed by atoms with van der Waals surface area (Å²) in [6.07, 6.45) is 2.34. The number of furan rings is 1. The van der Waals surface area contributed by atoms with E-state index in [9.17, 15) is 9.90 Å². The molecule has 0 saturated heterocycles. The fraction of sp³-hybridized carbons (Fsp3) is 0.318. The van der Waals surface area contributed by atoms with Crippen molar-refractivity contribution in [3.8, 4) is 22.8 Å². The van der Waals surface area contributed by atoms with E-state index >= 15 is 0 Å². The van der Waals surface area contributed by atoms with E-state index in [1.54, 1.807) is 37.1 Å². The van der Waals surface area contributed by atoms with Crippen molar-refractivity contribution in [2.45, 2.75) is 25.2 Å². The predicted molar refractivity (Wildman–Crippen MR) is 113 cm³/mol. The van der Waals surface area contributed by atoms with Crippen molar-refractivity contribution >= 4 is 28.6 Å². The van der Waals surface area contributed by atoms with Crippen molar-refractivity contribution in [2.24, 2.45) is 0 Å². The summed E-state index contributed by atoms with van der Waals surface area (Å²) in [5.41, 5.74) is 2.29. The second-order valence-electron chi connectivity index (χ2n) is 6.42. The van der Waals surface area contributed by atoms with Crippen molar-refractivity contribution in [1.82, 2.24) is 4.90 Å². The Morgan fingerprint density at radius 1 is 1.18 bits per heavy atom. The summed E-state index contributed by atoms with van der Waals surface area (Å²) >= 11 is 1.56. The Kier molecular flexibility index (Phi) is 6.19. The number of hydrogen-bond acceptors (Lipinski definition) is 5. The first-order chi connectivity index (χ1) is 13.5. The number of methoxy groups -OCH3 is 1. The largest absolute Gasteiger partial charge is 0.507 e. The molecular formula is C22H25NO4S. The van der Waals surface area contributed by atoms with E-state index in [0.29, 0.717) is 36.6 Å². The number of aromatic hydroxyl groups is 1. The summed E-state index contributed by atoms with van der Waals surface area (Å²) in [7, 11) is 1.56. The van der Waals surface area contributed by atoms with Gasteiger partial charge in [0.25, 0.3) is 0 Å². The van der Waals surface area contributed by atoms with Gasteiger partial charge in [0.15, 0.2) is 5.76 Å². The molecule has 0 bridgehead atoms. The van der Waals surface area contributed by atoms with Crippen LogP contribution < -0.4 is 4.74 Å². The SMILES string of the molecule is CCN(CC)C(=O)Cc1ccc2oc(-c3ccc(OC)cc3O)c(SC)c2c1. The lowest BCUT2D eigenvalue weighted by Gasteiger charge is -2.18. The van der Waals surface area contributed by atoms with E-state index < -0.39 is 0 Å². The maximum Gasteiger partial charge on any atom is 0.226 e. The Morgan fingerprint density at radius 3 is 2.54 bits per heavy atom. The maximum atomic E-state index is 12.4. The van der Waals surface area contributed by atoms with Crippen LogP contribution >= 0.6 is 11.8 Å². The molecule has 3 aromatic rings. The molecule has 0 fully saturated rings. The van der Waals surface area contributed by atoms with E-state index in [2.05, 4.69) is 0 Å². The number of carbonyl (C=O) groups is 1. The number of amides is 1. The van der Waals surface area contributed by atoms with Crippen LogP contribution in [0.1, 0.15) is 19.4 Å². The fourth-order valence-corrected chi connectivity index (χ4v) is 4.02. The Bertz CT molecular complexity index is 992. The summed E-state index contributed by atoms with van der Waals surface area (Å²) in [6, 6.07) is 11.0. The summed E-state index contributed by atoms with van der Waals surface area (Å²) < 4.78 is 11.2. The maximum absolute atomic E-state index is 12.4. The molecule has 0 aliphatic heterocycles. The van der Waals surface area contributed by atoms with Crippen molar-refractivity contribution in [1.29, 1.82) is 0 Å². The molecule has 1 N–H and O–H groups in total. The van der Waals surface area contributed by atoms with E-state index in [1.807, 2.05) is 43.2 Å². The molecule has 6 heteroatoms. The quantitative estimate of drug-likeness (QED) is 0.570. The van der Waals surface area contributed by atoms with Crippen molar-refractivity contribution in [2.75, 3.05) is 26.5 Å². The first-order valence-electron chi connectivity index (χ1n) is 9.26. The molecule has 0 aliphatic rings. The lowest BCUT2D eigenvalue weighted by molar-refractivity contribution is -0.130. The average Bonchev–Trinajstić information content (AvgIpc) is 3.06. The Hall–Kier alpha value is -2.60. The van der Waals surface area contributed by atoms with Crippen LogP contribution in [0.5, 0.6) is 11.5 Å².